The molecule has 0 aromatic heterocycles. The van der Waals surface area contributed by atoms with Gasteiger partial charge in [-0.1, -0.05) is 26.7 Å². The summed E-state index contributed by atoms with van der Waals surface area (Å²) in [6, 6.07) is 7.10. The largest absolute Gasteiger partial charge is 0.466 e. The first-order valence-corrected chi connectivity index (χ1v) is 10.5. The summed E-state index contributed by atoms with van der Waals surface area (Å²) in [5.41, 5.74) is 1.35. The van der Waals surface area contributed by atoms with Gasteiger partial charge in [-0.05, 0) is 50.1 Å². The van der Waals surface area contributed by atoms with Crippen LogP contribution in [0.25, 0.3) is 0 Å². The molecule has 0 unspecified atom stereocenters. The van der Waals surface area contributed by atoms with E-state index in [0.29, 0.717) is 24.5 Å². The van der Waals surface area contributed by atoms with Crippen LogP contribution >= 0.6 is 0 Å². The fourth-order valence-corrected chi connectivity index (χ4v) is 2.75. The summed E-state index contributed by atoms with van der Waals surface area (Å²) in [6.07, 6.45) is 8.28. The molecule has 0 aliphatic carbocycles. The Morgan fingerprint density at radius 3 is 1.55 bits per heavy atom. The molecule has 168 valence electrons. The average Bonchev–Trinajstić information content (AvgIpc) is 2.77. The summed E-state index contributed by atoms with van der Waals surface area (Å²) in [7, 11) is 1.25. The zero-order valence-electron chi connectivity index (χ0n) is 18.8. The van der Waals surface area contributed by atoms with Crippen molar-refractivity contribution in [3.8, 4) is 0 Å². The van der Waals surface area contributed by atoms with Crippen molar-refractivity contribution >= 4 is 34.9 Å². The maximum absolute atomic E-state index is 12.6. The van der Waals surface area contributed by atoms with Gasteiger partial charge in [0.2, 0.25) is 0 Å². The number of allylic oxidation sites excluding steroid dienone is 1. The second-order valence-corrected chi connectivity index (χ2v) is 7.00. The molecule has 0 aliphatic heterocycles. The monoisotopic (exact) mass is 428 g/mol. The lowest BCUT2D eigenvalue weighted by molar-refractivity contribution is -0.135. The molecule has 0 spiro atoms. The molecule has 0 bridgehead atoms. The molecule has 7 nitrogen and oxygen atoms in total. The van der Waals surface area contributed by atoms with E-state index in [1.54, 1.807) is 34.1 Å². The Labute approximate surface area is 184 Å². The first-order valence-electron chi connectivity index (χ1n) is 10.5. The third kappa shape index (κ3) is 8.99. The molecular weight excluding hydrogens is 396 g/mol. The molecule has 0 saturated carbocycles. The van der Waals surface area contributed by atoms with Crippen molar-refractivity contribution in [1.82, 2.24) is 0 Å². The number of ketones is 1. The molecule has 0 radical (unpaired) electrons. The van der Waals surface area contributed by atoms with Gasteiger partial charge in [-0.25, -0.2) is 4.79 Å². The number of hydrogen-bond donors (Lipinski definition) is 0. The minimum absolute atomic E-state index is 0.191. The average molecular weight is 429 g/mol. The molecule has 1 aromatic rings. The normalized spacial score (nSPS) is 11.0. The van der Waals surface area contributed by atoms with Gasteiger partial charge in [0, 0.05) is 42.7 Å². The SMILES string of the molecule is CCCCN(C(=O)/C=C\C(C)=O)c1ccc(N(CCCC)C(=O)/C=C\C(=O)OC)cc1. The highest BCUT2D eigenvalue weighted by atomic mass is 16.5. The Hall–Kier alpha value is -3.22. The van der Waals surface area contributed by atoms with E-state index in [9.17, 15) is 19.2 Å². The summed E-state index contributed by atoms with van der Waals surface area (Å²) < 4.78 is 4.54. The Morgan fingerprint density at radius 2 is 1.19 bits per heavy atom. The number of carbonyl (C=O) groups excluding carboxylic acids is 4. The Morgan fingerprint density at radius 1 is 0.774 bits per heavy atom. The molecular formula is C24H32N2O5. The van der Waals surface area contributed by atoms with Crippen molar-refractivity contribution in [2.24, 2.45) is 0 Å². The fourth-order valence-electron chi connectivity index (χ4n) is 2.75. The molecule has 0 fully saturated rings. The van der Waals surface area contributed by atoms with Crippen LogP contribution in [0.4, 0.5) is 11.4 Å². The lowest BCUT2D eigenvalue weighted by atomic mass is 10.2. The highest BCUT2D eigenvalue weighted by Gasteiger charge is 2.16. The van der Waals surface area contributed by atoms with Gasteiger partial charge in [0.1, 0.15) is 0 Å². The molecule has 0 atom stereocenters. The maximum Gasteiger partial charge on any atom is 0.330 e. The Balaban J connectivity index is 3.13. The quantitative estimate of drug-likeness (QED) is 0.373. The zero-order chi connectivity index (χ0) is 23.2. The standard InChI is InChI=1S/C24H32N2O5/c1-5-7-17-25(22(28)14-9-19(3)27)20-10-12-21(13-11-20)26(18-8-6-2)23(29)15-16-24(30)31-4/h9-16H,5-8,17-18H2,1-4H3/b14-9-,16-15-. The Kier molecular flexibility index (Phi) is 11.6. The van der Waals surface area contributed by atoms with Crippen molar-refractivity contribution in [1.29, 1.82) is 0 Å². The van der Waals surface area contributed by atoms with Crippen LogP contribution in [0.5, 0.6) is 0 Å². The van der Waals surface area contributed by atoms with Crippen LogP contribution in [-0.2, 0) is 23.9 Å². The van der Waals surface area contributed by atoms with Gasteiger partial charge >= 0.3 is 5.97 Å². The number of benzene rings is 1. The number of carbonyl (C=O) groups is 4. The van der Waals surface area contributed by atoms with Crippen LogP contribution in [0.2, 0.25) is 0 Å². The first kappa shape index (κ1) is 25.8. The van der Waals surface area contributed by atoms with E-state index >= 15 is 0 Å². The number of methoxy groups -OCH3 is 1. The van der Waals surface area contributed by atoms with Crippen LogP contribution in [0.3, 0.4) is 0 Å². The van der Waals surface area contributed by atoms with Crippen LogP contribution in [0, 0.1) is 0 Å². The molecule has 1 aromatic carbocycles. The van der Waals surface area contributed by atoms with Crippen LogP contribution in [0.15, 0.2) is 48.6 Å². The predicted octanol–water partition coefficient (Wildman–Crippen LogP) is 3.83. The highest BCUT2D eigenvalue weighted by Crippen LogP contribution is 2.23. The second kappa shape index (κ2) is 13.9. The summed E-state index contributed by atoms with van der Waals surface area (Å²) >= 11 is 0. The van der Waals surface area contributed by atoms with E-state index in [-0.39, 0.29) is 17.6 Å². The van der Waals surface area contributed by atoms with E-state index in [2.05, 4.69) is 4.74 Å². The molecule has 0 aliphatic rings. The number of hydrogen-bond acceptors (Lipinski definition) is 5. The van der Waals surface area contributed by atoms with Crippen LogP contribution in [-0.4, -0.2) is 43.8 Å². The number of amides is 2. The topological polar surface area (TPSA) is 84.0 Å². The molecule has 0 N–H and O–H groups in total. The van der Waals surface area contributed by atoms with Crippen molar-refractivity contribution in [3.63, 3.8) is 0 Å². The molecule has 2 amide bonds. The third-order valence-electron chi connectivity index (χ3n) is 4.50. The predicted molar refractivity (Wildman–Crippen MR) is 122 cm³/mol. The highest BCUT2D eigenvalue weighted by molar-refractivity contribution is 6.06. The molecule has 7 heteroatoms. The smallest absolute Gasteiger partial charge is 0.330 e. The van der Waals surface area contributed by atoms with Crippen LogP contribution in [0.1, 0.15) is 46.5 Å². The fraction of sp³-hybridized carbons (Fsp3) is 0.417. The minimum Gasteiger partial charge on any atom is -0.466 e. The Bertz CT molecular complexity index is 812. The second-order valence-electron chi connectivity index (χ2n) is 7.00. The first-order chi connectivity index (χ1) is 14.8. The van der Waals surface area contributed by atoms with E-state index in [4.69, 9.17) is 0 Å². The third-order valence-corrected chi connectivity index (χ3v) is 4.50. The summed E-state index contributed by atoms with van der Waals surface area (Å²) in [5.74, 6) is -1.38. The van der Waals surface area contributed by atoms with E-state index < -0.39 is 5.97 Å². The van der Waals surface area contributed by atoms with Crippen molar-refractivity contribution in [2.45, 2.75) is 46.5 Å². The summed E-state index contributed by atoms with van der Waals surface area (Å²) in [4.78, 5) is 50.9. The maximum atomic E-state index is 12.6. The molecule has 1 rings (SSSR count). The molecule has 31 heavy (non-hydrogen) atoms. The van der Waals surface area contributed by atoms with Crippen molar-refractivity contribution in [2.75, 3.05) is 30.0 Å². The number of ether oxygens (including phenoxy) is 1. The van der Waals surface area contributed by atoms with Crippen molar-refractivity contribution in [3.05, 3.63) is 48.6 Å². The number of esters is 1. The molecule has 0 heterocycles. The van der Waals surface area contributed by atoms with Crippen molar-refractivity contribution < 1.29 is 23.9 Å². The van der Waals surface area contributed by atoms with Crippen LogP contribution < -0.4 is 9.80 Å². The van der Waals surface area contributed by atoms with Gasteiger partial charge in [-0.15, -0.1) is 0 Å². The lowest BCUT2D eigenvalue weighted by Gasteiger charge is -2.24. The van der Waals surface area contributed by atoms with Gasteiger partial charge in [-0.3, -0.25) is 14.4 Å². The number of unbranched alkanes of at least 4 members (excludes halogenated alkanes) is 2. The summed E-state index contributed by atoms with van der Waals surface area (Å²) in [6.45, 7) is 6.49. The number of rotatable bonds is 12. The number of nitrogens with zero attached hydrogens (tertiary/aromatic N) is 2. The van der Waals surface area contributed by atoms with E-state index in [0.717, 1.165) is 31.8 Å². The van der Waals surface area contributed by atoms with Gasteiger partial charge in [-0.2, -0.15) is 0 Å². The van der Waals surface area contributed by atoms with Gasteiger partial charge in [0.15, 0.2) is 5.78 Å². The van der Waals surface area contributed by atoms with E-state index in [1.807, 2.05) is 13.8 Å². The van der Waals surface area contributed by atoms with Gasteiger partial charge in [0.05, 0.1) is 7.11 Å². The van der Waals surface area contributed by atoms with Gasteiger partial charge in [0.25, 0.3) is 11.8 Å². The van der Waals surface area contributed by atoms with E-state index in [1.165, 1.54) is 32.3 Å². The summed E-state index contributed by atoms with van der Waals surface area (Å²) in [5, 5.41) is 0. The zero-order valence-corrected chi connectivity index (χ0v) is 18.8. The number of anilines is 2. The minimum atomic E-state index is -0.595. The molecule has 0 saturated heterocycles. The van der Waals surface area contributed by atoms with Gasteiger partial charge < -0.3 is 14.5 Å². The lowest BCUT2D eigenvalue weighted by Crippen LogP contribution is -2.32.